The fraction of sp³-hybridized carbons (Fsp3) is 0.562. The van der Waals surface area contributed by atoms with Gasteiger partial charge in [-0.1, -0.05) is 11.8 Å². The average molecular weight is 452 g/mol. The SMILES string of the molecule is COc1ccc(C2(CN=C(NC(C)C)SC)OCCO2)cc1.I. The molecule has 0 spiro atoms. The maximum atomic E-state index is 5.89. The van der Waals surface area contributed by atoms with E-state index in [9.17, 15) is 0 Å². The zero-order valence-corrected chi connectivity index (χ0v) is 17.1. The summed E-state index contributed by atoms with van der Waals surface area (Å²) in [4.78, 5) is 4.64. The number of nitrogens with one attached hydrogen (secondary N) is 1. The minimum absolute atomic E-state index is 0. The Labute approximate surface area is 159 Å². The lowest BCUT2D eigenvalue weighted by Crippen LogP contribution is -2.34. The zero-order valence-electron chi connectivity index (χ0n) is 14.0. The third-order valence-corrected chi connectivity index (χ3v) is 3.95. The molecule has 1 aromatic rings. The highest BCUT2D eigenvalue weighted by molar-refractivity contribution is 14.0. The van der Waals surface area contributed by atoms with E-state index in [1.54, 1.807) is 18.9 Å². The molecule has 0 radical (unpaired) electrons. The highest BCUT2D eigenvalue weighted by Gasteiger charge is 2.38. The highest BCUT2D eigenvalue weighted by Crippen LogP contribution is 2.33. The van der Waals surface area contributed by atoms with Gasteiger partial charge in [0.25, 0.3) is 0 Å². The van der Waals surface area contributed by atoms with Crippen LogP contribution in [0.15, 0.2) is 29.3 Å². The fourth-order valence-electron chi connectivity index (χ4n) is 2.24. The quantitative estimate of drug-likeness (QED) is 0.423. The van der Waals surface area contributed by atoms with Crippen LogP contribution in [0.3, 0.4) is 0 Å². The lowest BCUT2D eigenvalue weighted by atomic mass is 10.1. The zero-order chi connectivity index (χ0) is 16.0. The van der Waals surface area contributed by atoms with E-state index in [2.05, 4.69) is 24.2 Å². The smallest absolute Gasteiger partial charge is 0.215 e. The van der Waals surface area contributed by atoms with Crippen LogP contribution in [-0.2, 0) is 15.3 Å². The molecular weight excluding hydrogens is 427 g/mol. The number of rotatable bonds is 5. The first-order chi connectivity index (χ1) is 10.6. The summed E-state index contributed by atoms with van der Waals surface area (Å²) < 4.78 is 17.0. The van der Waals surface area contributed by atoms with Crippen LogP contribution in [-0.4, -0.2) is 44.3 Å². The molecule has 7 heteroatoms. The summed E-state index contributed by atoms with van der Waals surface area (Å²) in [5, 5.41) is 4.21. The van der Waals surface area contributed by atoms with Crippen molar-refractivity contribution in [3.8, 4) is 5.75 Å². The standard InChI is InChI=1S/C16H24N2O3S.HI/c1-12(2)18-15(22-4)17-11-16(20-9-10-21-16)13-5-7-14(19-3)8-6-13;/h5-8,12H,9-11H2,1-4H3,(H,17,18);1H. The molecule has 0 aromatic heterocycles. The van der Waals surface area contributed by atoms with Gasteiger partial charge in [-0.3, -0.25) is 4.99 Å². The number of amidine groups is 1. The Morgan fingerprint density at radius 3 is 2.39 bits per heavy atom. The Morgan fingerprint density at radius 1 is 1.30 bits per heavy atom. The van der Waals surface area contributed by atoms with Crippen LogP contribution in [0, 0.1) is 0 Å². The highest BCUT2D eigenvalue weighted by atomic mass is 127. The van der Waals surface area contributed by atoms with E-state index >= 15 is 0 Å². The molecule has 1 aliphatic heterocycles. The maximum absolute atomic E-state index is 5.89. The van der Waals surface area contributed by atoms with E-state index in [0.29, 0.717) is 25.8 Å². The minimum atomic E-state index is -0.800. The van der Waals surface area contributed by atoms with E-state index in [1.165, 1.54) is 0 Å². The second-order valence-corrected chi connectivity index (χ2v) is 6.10. The molecule has 1 fully saturated rings. The number of thioether (sulfide) groups is 1. The number of benzene rings is 1. The van der Waals surface area contributed by atoms with Gasteiger partial charge in [-0.15, -0.1) is 24.0 Å². The monoisotopic (exact) mass is 452 g/mol. The summed E-state index contributed by atoms with van der Waals surface area (Å²) in [7, 11) is 1.65. The predicted octanol–water partition coefficient (Wildman–Crippen LogP) is 3.23. The van der Waals surface area contributed by atoms with Crippen molar-refractivity contribution in [1.29, 1.82) is 0 Å². The number of methoxy groups -OCH3 is 1. The summed E-state index contributed by atoms with van der Waals surface area (Å²) in [5.41, 5.74) is 0.958. The summed E-state index contributed by atoms with van der Waals surface area (Å²) >= 11 is 1.59. The molecule has 0 aliphatic carbocycles. The van der Waals surface area contributed by atoms with Gasteiger partial charge in [0.15, 0.2) is 5.17 Å². The van der Waals surface area contributed by atoms with Crippen LogP contribution in [0.25, 0.3) is 0 Å². The van der Waals surface area contributed by atoms with Gasteiger partial charge in [-0.25, -0.2) is 0 Å². The van der Waals surface area contributed by atoms with Crippen molar-refractivity contribution in [3.05, 3.63) is 29.8 Å². The van der Waals surface area contributed by atoms with Gasteiger partial charge in [0.05, 0.1) is 20.3 Å². The van der Waals surface area contributed by atoms with Crippen molar-refractivity contribution in [2.75, 3.05) is 33.1 Å². The van der Waals surface area contributed by atoms with E-state index in [1.807, 2.05) is 30.5 Å². The van der Waals surface area contributed by atoms with E-state index in [0.717, 1.165) is 16.5 Å². The molecule has 0 amide bonds. The number of hydrogen-bond acceptors (Lipinski definition) is 5. The Kier molecular flexibility index (Phi) is 8.66. The Balaban J connectivity index is 0.00000264. The van der Waals surface area contributed by atoms with Crippen molar-refractivity contribution < 1.29 is 14.2 Å². The normalized spacial score (nSPS) is 17.0. The summed E-state index contributed by atoms with van der Waals surface area (Å²) in [5.74, 6) is 0.0120. The number of halogens is 1. The largest absolute Gasteiger partial charge is 0.497 e. The van der Waals surface area contributed by atoms with E-state index < -0.39 is 5.79 Å². The van der Waals surface area contributed by atoms with Crippen LogP contribution < -0.4 is 10.1 Å². The molecule has 0 unspecified atom stereocenters. The summed E-state index contributed by atoms with van der Waals surface area (Å²) in [6, 6.07) is 8.10. The van der Waals surface area contributed by atoms with Gasteiger partial charge in [-0.2, -0.15) is 0 Å². The van der Waals surface area contributed by atoms with Gasteiger partial charge in [-0.05, 0) is 44.4 Å². The first-order valence-corrected chi connectivity index (χ1v) is 8.59. The number of hydrogen-bond donors (Lipinski definition) is 1. The van der Waals surface area contributed by atoms with Crippen LogP contribution in [0.2, 0.25) is 0 Å². The molecule has 23 heavy (non-hydrogen) atoms. The molecule has 1 N–H and O–H groups in total. The topological polar surface area (TPSA) is 52.1 Å². The van der Waals surface area contributed by atoms with Crippen molar-refractivity contribution in [3.63, 3.8) is 0 Å². The fourth-order valence-corrected chi connectivity index (χ4v) is 2.79. The molecule has 1 heterocycles. The van der Waals surface area contributed by atoms with Crippen LogP contribution in [0.4, 0.5) is 0 Å². The third kappa shape index (κ3) is 5.51. The van der Waals surface area contributed by atoms with Crippen molar-refractivity contribution in [2.45, 2.75) is 25.7 Å². The minimum Gasteiger partial charge on any atom is -0.497 e. The van der Waals surface area contributed by atoms with Gasteiger partial charge >= 0.3 is 0 Å². The molecule has 0 bridgehead atoms. The lowest BCUT2D eigenvalue weighted by Gasteiger charge is -2.26. The van der Waals surface area contributed by atoms with Crippen LogP contribution in [0.5, 0.6) is 5.75 Å². The van der Waals surface area contributed by atoms with Crippen molar-refractivity contribution in [2.24, 2.45) is 4.99 Å². The molecular formula is C16H25IN2O3S. The van der Waals surface area contributed by atoms with Crippen molar-refractivity contribution in [1.82, 2.24) is 5.32 Å². The second-order valence-electron chi connectivity index (χ2n) is 5.30. The van der Waals surface area contributed by atoms with Gasteiger partial charge in [0, 0.05) is 11.6 Å². The van der Waals surface area contributed by atoms with Crippen LogP contribution in [0.1, 0.15) is 19.4 Å². The average Bonchev–Trinajstić information content (AvgIpc) is 3.01. The third-order valence-electron chi connectivity index (χ3n) is 3.32. The Morgan fingerprint density at radius 2 is 1.91 bits per heavy atom. The van der Waals surface area contributed by atoms with Crippen molar-refractivity contribution >= 4 is 40.9 Å². The first-order valence-electron chi connectivity index (χ1n) is 7.37. The van der Waals surface area contributed by atoms with Crippen LogP contribution >= 0.6 is 35.7 Å². The van der Waals surface area contributed by atoms with Gasteiger partial charge < -0.3 is 19.5 Å². The molecule has 0 saturated carbocycles. The molecule has 2 rings (SSSR count). The van der Waals surface area contributed by atoms with Gasteiger partial charge in [0.1, 0.15) is 12.3 Å². The Hall–Kier alpha value is -0.510. The second kappa shape index (κ2) is 9.71. The first kappa shape index (κ1) is 20.5. The number of ether oxygens (including phenoxy) is 3. The number of nitrogens with zero attached hydrogens (tertiary/aromatic N) is 1. The molecule has 1 aliphatic rings. The maximum Gasteiger partial charge on any atom is 0.215 e. The summed E-state index contributed by atoms with van der Waals surface area (Å²) in [6.45, 7) is 5.76. The van der Waals surface area contributed by atoms with Gasteiger partial charge in [0.2, 0.25) is 5.79 Å². The molecule has 1 saturated heterocycles. The molecule has 0 atom stereocenters. The van der Waals surface area contributed by atoms with E-state index in [-0.39, 0.29) is 24.0 Å². The molecule has 5 nitrogen and oxygen atoms in total. The lowest BCUT2D eigenvalue weighted by molar-refractivity contribution is -0.156. The van der Waals surface area contributed by atoms with E-state index in [4.69, 9.17) is 14.2 Å². The Bertz CT molecular complexity index is 503. The predicted molar refractivity (Wildman–Crippen MR) is 106 cm³/mol. The number of aliphatic imine (C=N–C) groups is 1. The summed E-state index contributed by atoms with van der Waals surface area (Å²) in [6.07, 6.45) is 2.00. The molecule has 1 aromatic carbocycles. The molecule has 130 valence electrons.